The Morgan fingerprint density at radius 2 is 1.93 bits per heavy atom. The molecule has 1 aliphatic carbocycles. The molecule has 3 rings (SSSR count). The van der Waals surface area contributed by atoms with Crippen LogP contribution in [-0.4, -0.2) is 36.7 Å². The number of hydrogen-bond donors (Lipinski definition) is 2. The van der Waals surface area contributed by atoms with Gasteiger partial charge < -0.3 is 15.4 Å². The van der Waals surface area contributed by atoms with Crippen LogP contribution in [0.15, 0.2) is 35.9 Å². The molecule has 154 valence electrons. The van der Waals surface area contributed by atoms with Gasteiger partial charge in [-0.25, -0.2) is 0 Å². The number of esters is 1. The lowest BCUT2D eigenvalue weighted by Crippen LogP contribution is -2.44. The van der Waals surface area contributed by atoms with E-state index in [-0.39, 0.29) is 17.9 Å². The maximum atomic E-state index is 13.0. The summed E-state index contributed by atoms with van der Waals surface area (Å²) < 4.78 is 5.79. The van der Waals surface area contributed by atoms with Gasteiger partial charge in [-0.15, -0.1) is 0 Å². The van der Waals surface area contributed by atoms with E-state index in [4.69, 9.17) is 4.74 Å². The standard InChI is InChI=1S/C24H36N2O2/c1-17(14-18-10-6-5-7-11-18)15-25-16-21-22(23(27)28-24(2,3)4)19-12-8-9-13-20(19)26-21/h5-7,10-11,14,19-22,25-26H,8-9,12-13,15-16H2,1-4H3/t19?,20?,21-,22?/m1/s1. The Labute approximate surface area is 170 Å². The predicted molar refractivity (Wildman–Crippen MR) is 115 cm³/mol. The van der Waals surface area contributed by atoms with Gasteiger partial charge in [0.15, 0.2) is 0 Å². The van der Waals surface area contributed by atoms with E-state index in [0.717, 1.165) is 19.5 Å². The second-order valence-corrected chi connectivity index (χ2v) is 9.42. The molecule has 0 amide bonds. The van der Waals surface area contributed by atoms with Gasteiger partial charge in [-0.2, -0.15) is 0 Å². The SMILES string of the molecule is CC(=Cc1ccccc1)CNC[C@H]1NC2CCCCC2C1C(=O)OC(C)(C)C. The molecule has 1 aromatic rings. The van der Waals surface area contributed by atoms with E-state index in [9.17, 15) is 4.79 Å². The van der Waals surface area contributed by atoms with Crippen molar-refractivity contribution >= 4 is 12.0 Å². The highest BCUT2D eigenvalue weighted by atomic mass is 16.6. The van der Waals surface area contributed by atoms with Crippen molar-refractivity contribution in [3.8, 4) is 0 Å². The normalized spacial score (nSPS) is 28.1. The highest BCUT2D eigenvalue weighted by molar-refractivity contribution is 5.75. The predicted octanol–water partition coefficient (Wildman–Crippen LogP) is 4.17. The molecule has 1 saturated heterocycles. The van der Waals surface area contributed by atoms with Crippen molar-refractivity contribution in [2.75, 3.05) is 13.1 Å². The molecule has 4 heteroatoms. The van der Waals surface area contributed by atoms with Crippen molar-refractivity contribution in [2.24, 2.45) is 11.8 Å². The third kappa shape index (κ3) is 5.68. The molecule has 1 aromatic carbocycles. The summed E-state index contributed by atoms with van der Waals surface area (Å²) in [6.45, 7) is 9.62. The number of benzene rings is 1. The molecule has 0 aromatic heterocycles. The van der Waals surface area contributed by atoms with E-state index in [1.807, 2.05) is 26.8 Å². The number of rotatable bonds is 6. The van der Waals surface area contributed by atoms with Crippen LogP contribution in [0, 0.1) is 11.8 Å². The molecule has 3 unspecified atom stereocenters. The zero-order chi connectivity index (χ0) is 20.1. The summed E-state index contributed by atoms with van der Waals surface area (Å²) in [5.41, 5.74) is 2.07. The van der Waals surface area contributed by atoms with Gasteiger partial charge in [-0.05, 0) is 52.0 Å². The van der Waals surface area contributed by atoms with E-state index in [1.165, 1.54) is 30.4 Å². The summed E-state index contributed by atoms with van der Waals surface area (Å²) in [7, 11) is 0. The van der Waals surface area contributed by atoms with Crippen LogP contribution in [0.25, 0.3) is 6.08 Å². The highest BCUT2D eigenvalue weighted by Gasteiger charge is 2.48. The van der Waals surface area contributed by atoms with Crippen LogP contribution in [0.3, 0.4) is 0 Å². The minimum absolute atomic E-state index is 0.0299. The number of fused-ring (bicyclic) bond motifs is 1. The van der Waals surface area contributed by atoms with Crippen molar-refractivity contribution in [1.82, 2.24) is 10.6 Å². The van der Waals surface area contributed by atoms with Crippen molar-refractivity contribution in [3.63, 3.8) is 0 Å². The molecule has 0 bridgehead atoms. The fourth-order valence-corrected chi connectivity index (χ4v) is 4.68. The lowest BCUT2D eigenvalue weighted by Gasteiger charge is -2.30. The Bertz CT molecular complexity index is 678. The number of hydrogen-bond acceptors (Lipinski definition) is 4. The van der Waals surface area contributed by atoms with Gasteiger partial charge in [0.05, 0.1) is 5.92 Å². The largest absolute Gasteiger partial charge is 0.460 e. The second-order valence-electron chi connectivity index (χ2n) is 9.42. The first-order valence-electron chi connectivity index (χ1n) is 10.8. The molecule has 2 aliphatic rings. The Hall–Kier alpha value is -1.65. The van der Waals surface area contributed by atoms with Crippen molar-refractivity contribution in [2.45, 2.75) is 71.1 Å². The Morgan fingerprint density at radius 1 is 1.21 bits per heavy atom. The summed E-state index contributed by atoms with van der Waals surface area (Å²) in [6, 6.07) is 11.0. The third-order valence-corrected chi connectivity index (χ3v) is 5.80. The number of ether oxygens (including phenoxy) is 1. The molecule has 2 N–H and O–H groups in total. The third-order valence-electron chi connectivity index (χ3n) is 5.80. The zero-order valence-electron chi connectivity index (χ0n) is 17.8. The quantitative estimate of drug-likeness (QED) is 0.723. The van der Waals surface area contributed by atoms with Gasteiger partial charge in [0.25, 0.3) is 0 Å². The summed E-state index contributed by atoms with van der Waals surface area (Å²) in [5, 5.41) is 7.32. The summed E-state index contributed by atoms with van der Waals surface area (Å²) >= 11 is 0. The second kappa shape index (κ2) is 9.23. The summed E-state index contributed by atoms with van der Waals surface area (Å²) in [5.74, 6) is 0.338. The highest BCUT2D eigenvalue weighted by Crippen LogP contribution is 2.38. The van der Waals surface area contributed by atoms with Crippen molar-refractivity contribution < 1.29 is 9.53 Å². The Morgan fingerprint density at radius 3 is 2.64 bits per heavy atom. The fraction of sp³-hybridized carbons (Fsp3) is 0.625. The summed E-state index contributed by atoms with van der Waals surface area (Å²) in [4.78, 5) is 13.0. The number of carbonyl (C=O) groups is 1. The zero-order valence-corrected chi connectivity index (χ0v) is 17.8. The van der Waals surface area contributed by atoms with Crippen LogP contribution in [0.2, 0.25) is 0 Å². The first kappa shape index (κ1) is 21.1. The van der Waals surface area contributed by atoms with Crippen molar-refractivity contribution in [3.05, 3.63) is 41.5 Å². The molecule has 1 saturated carbocycles. The van der Waals surface area contributed by atoms with E-state index >= 15 is 0 Å². The molecule has 1 aliphatic heterocycles. The van der Waals surface area contributed by atoms with Crippen LogP contribution in [0.1, 0.15) is 58.9 Å². The topological polar surface area (TPSA) is 50.4 Å². The van der Waals surface area contributed by atoms with E-state index in [0.29, 0.717) is 12.0 Å². The minimum Gasteiger partial charge on any atom is -0.460 e. The smallest absolute Gasteiger partial charge is 0.311 e. The van der Waals surface area contributed by atoms with Crippen molar-refractivity contribution in [1.29, 1.82) is 0 Å². The first-order valence-corrected chi connectivity index (χ1v) is 10.8. The fourth-order valence-electron chi connectivity index (χ4n) is 4.68. The molecule has 28 heavy (non-hydrogen) atoms. The average molecular weight is 385 g/mol. The minimum atomic E-state index is -0.434. The first-order chi connectivity index (χ1) is 13.3. The van der Waals surface area contributed by atoms with Gasteiger partial charge >= 0.3 is 5.97 Å². The Kier molecular flexibility index (Phi) is 6.95. The molecular weight excluding hydrogens is 348 g/mol. The molecule has 1 heterocycles. The number of carbonyl (C=O) groups excluding carboxylic acids is 1. The van der Waals surface area contributed by atoms with Crippen LogP contribution >= 0.6 is 0 Å². The lowest BCUT2D eigenvalue weighted by molar-refractivity contribution is -0.162. The van der Waals surface area contributed by atoms with E-state index in [2.05, 4.69) is 47.9 Å². The van der Waals surface area contributed by atoms with Crippen LogP contribution < -0.4 is 10.6 Å². The molecule has 2 fully saturated rings. The van der Waals surface area contributed by atoms with Gasteiger partial charge in [-0.3, -0.25) is 4.79 Å². The van der Waals surface area contributed by atoms with Crippen LogP contribution in [0.5, 0.6) is 0 Å². The monoisotopic (exact) mass is 384 g/mol. The van der Waals surface area contributed by atoms with Crippen LogP contribution in [-0.2, 0) is 9.53 Å². The van der Waals surface area contributed by atoms with Gasteiger partial charge in [0.1, 0.15) is 5.60 Å². The molecule has 0 spiro atoms. The summed E-state index contributed by atoms with van der Waals surface area (Å²) in [6.07, 6.45) is 6.99. The molecular formula is C24H36N2O2. The molecule has 0 radical (unpaired) electrons. The maximum Gasteiger partial charge on any atom is 0.311 e. The maximum absolute atomic E-state index is 13.0. The van der Waals surface area contributed by atoms with Gasteiger partial charge in [0, 0.05) is 25.2 Å². The van der Waals surface area contributed by atoms with Crippen LogP contribution in [0.4, 0.5) is 0 Å². The van der Waals surface area contributed by atoms with Gasteiger partial charge in [-0.1, -0.05) is 54.8 Å². The molecule has 4 atom stereocenters. The van der Waals surface area contributed by atoms with E-state index < -0.39 is 5.60 Å². The van der Waals surface area contributed by atoms with Gasteiger partial charge in [0.2, 0.25) is 0 Å². The molecule has 4 nitrogen and oxygen atoms in total. The average Bonchev–Trinajstić information content (AvgIpc) is 2.99. The lowest BCUT2D eigenvalue weighted by atomic mass is 9.78. The Balaban J connectivity index is 1.60. The van der Waals surface area contributed by atoms with E-state index in [1.54, 1.807) is 0 Å². The number of nitrogens with one attached hydrogen (secondary N) is 2.